The normalized spacial score (nSPS) is 10.2. The maximum Gasteiger partial charge on any atom is 0.115 e. The Morgan fingerprint density at radius 2 is 1.90 bits per heavy atom. The lowest BCUT2D eigenvalue weighted by Crippen LogP contribution is -1.94. The van der Waals surface area contributed by atoms with E-state index in [1.165, 1.54) is 0 Å². The smallest absolute Gasteiger partial charge is 0.115 e. The monoisotopic (exact) mass is 261 g/mol. The highest BCUT2D eigenvalue weighted by molar-refractivity contribution is 5.57. The van der Waals surface area contributed by atoms with E-state index in [-0.39, 0.29) is 0 Å². The number of benzene rings is 1. The first-order valence-electron chi connectivity index (χ1n) is 6.12. The van der Waals surface area contributed by atoms with Gasteiger partial charge in [-0.2, -0.15) is 5.26 Å². The fraction of sp³-hybridized carbons (Fsp3) is 0.0667. The maximum atomic E-state index is 8.78. The first kappa shape index (κ1) is 12.1. The van der Waals surface area contributed by atoms with Gasteiger partial charge in [-0.05, 0) is 43.3 Å². The van der Waals surface area contributed by atoms with Crippen LogP contribution in [0.3, 0.4) is 0 Å². The lowest BCUT2D eigenvalue weighted by molar-refractivity contribution is 0.804. The van der Waals surface area contributed by atoms with Crippen LogP contribution in [0.2, 0.25) is 0 Å². The molecular weight excluding hydrogens is 250 g/mol. The van der Waals surface area contributed by atoms with Gasteiger partial charge in [0.2, 0.25) is 0 Å². The fourth-order valence-electron chi connectivity index (χ4n) is 1.83. The second kappa shape index (κ2) is 4.94. The van der Waals surface area contributed by atoms with Crippen molar-refractivity contribution in [2.75, 3.05) is 0 Å². The number of aromatic nitrogens is 4. The predicted octanol–water partition coefficient (Wildman–Crippen LogP) is 2.51. The first-order chi connectivity index (χ1) is 9.76. The summed E-state index contributed by atoms with van der Waals surface area (Å²) in [5.74, 6) is 0. The van der Waals surface area contributed by atoms with Crippen molar-refractivity contribution in [1.82, 2.24) is 20.0 Å². The minimum absolute atomic E-state index is 0.622. The number of hydrogen-bond acceptors (Lipinski definition) is 4. The second-order valence-corrected chi connectivity index (χ2v) is 4.40. The van der Waals surface area contributed by atoms with Crippen LogP contribution in [0.1, 0.15) is 11.3 Å². The molecule has 0 aliphatic heterocycles. The third-order valence-corrected chi connectivity index (χ3v) is 2.96. The molecule has 0 bridgehead atoms. The quantitative estimate of drug-likeness (QED) is 0.710. The van der Waals surface area contributed by atoms with Gasteiger partial charge < -0.3 is 0 Å². The average molecular weight is 261 g/mol. The van der Waals surface area contributed by atoms with E-state index < -0.39 is 0 Å². The molecule has 0 atom stereocenters. The highest BCUT2D eigenvalue weighted by Gasteiger charge is 2.05. The molecule has 0 saturated heterocycles. The highest BCUT2D eigenvalue weighted by atomic mass is 15.4. The molecule has 0 N–H and O–H groups in total. The van der Waals surface area contributed by atoms with Crippen molar-refractivity contribution in [3.8, 4) is 23.0 Å². The number of nitriles is 1. The van der Waals surface area contributed by atoms with Crippen molar-refractivity contribution in [3.05, 3.63) is 60.0 Å². The van der Waals surface area contributed by atoms with Crippen LogP contribution in [0.15, 0.2) is 48.8 Å². The van der Waals surface area contributed by atoms with Gasteiger partial charge in [-0.1, -0.05) is 5.21 Å². The van der Waals surface area contributed by atoms with Gasteiger partial charge in [0.15, 0.2) is 0 Å². The van der Waals surface area contributed by atoms with Crippen molar-refractivity contribution >= 4 is 0 Å². The molecule has 0 aliphatic rings. The van der Waals surface area contributed by atoms with Gasteiger partial charge >= 0.3 is 0 Å². The van der Waals surface area contributed by atoms with Crippen LogP contribution >= 0.6 is 0 Å². The van der Waals surface area contributed by atoms with E-state index in [0.717, 1.165) is 22.6 Å². The topological polar surface area (TPSA) is 67.4 Å². The predicted molar refractivity (Wildman–Crippen MR) is 74.0 cm³/mol. The van der Waals surface area contributed by atoms with Gasteiger partial charge in [0.25, 0.3) is 0 Å². The van der Waals surface area contributed by atoms with E-state index in [0.29, 0.717) is 5.56 Å². The molecule has 20 heavy (non-hydrogen) atoms. The SMILES string of the molecule is Cc1ccc(-c2cn(-c3ccc(C#N)cc3)nn2)cn1. The molecule has 3 aromatic rings. The first-order valence-corrected chi connectivity index (χ1v) is 6.12. The summed E-state index contributed by atoms with van der Waals surface area (Å²) in [7, 11) is 0. The van der Waals surface area contributed by atoms with Crippen LogP contribution in [0.5, 0.6) is 0 Å². The molecule has 5 nitrogen and oxygen atoms in total. The van der Waals surface area contributed by atoms with Crippen LogP contribution in [-0.2, 0) is 0 Å². The van der Waals surface area contributed by atoms with E-state index >= 15 is 0 Å². The van der Waals surface area contributed by atoms with Crippen LogP contribution in [-0.4, -0.2) is 20.0 Å². The molecule has 96 valence electrons. The molecule has 0 radical (unpaired) electrons. The van der Waals surface area contributed by atoms with Crippen LogP contribution < -0.4 is 0 Å². The van der Waals surface area contributed by atoms with E-state index in [1.54, 1.807) is 23.0 Å². The van der Waals surface area contributed by atoms with E-state index in [2.05, 4.69) is 21.4 Å². The molecule has 0 unspecified atom stereocenters. The zero-order valence-electron chi connectivity index (χ0n) is 10.9. The van der Waals surface area contributed by atoms with Crippen molar-refractivity contribution in [2.24, 2.45) is 0 Å². The lowest BCUT2D eigenvalue weighted by Gasteiger charge is -1.99. The summed E-state index contributed by atoms with van der Waals surface area (Å²) in [5.41, 5.74) is 4.14. The van der Waals surface area contributed by atoms with Crippen molar-refractivity contribution in [2.45, 2.75) is 6.92 Å². The Bertz CT molecular complexity index is 763. The van der Waals surface area contributed by atoms with Gasteiger partial charge in [-0.15, -0.1) is 5.10 Å². The highest BCUT2D eigenvalue weighted by Crippen LogP contribution is 2.17. The van der Waals surface area contributed by atoms with Gasteiger partial charge in [0.05, 0.1) is 23.5 Å². The Morgan fingerprint density at radius 3 is 2.55 bits per heavy atom. The molecule has 0 saturated carbocycles. The van der Waals surface area contributed by atoms with Crippen LogP contribution in [0, 0.1) is 18.3 Å². The van der Waals surface area contributed by atoms with E-state index in [4.69, 9.17) is 5.26 Å². The number of rotatable bonds is 2. The summed E-state index contributed by atoms with van der Waals surface area (Å²) < 4.78 is 1.68. The third-order valence-electron chi connectivity index (χ3n) is 2.96. The number of pyridine rings is 1. The maximum absolute atomic E-state index is 8.78. The van der Waals surface area contributed by atoms with Crippen molar-refractivity contribution < 1.29 is 0 Å². The van der Waals surface area contributed by atoms with Crippen molar-refractivity contribution in [3.63, 3.8) is 0 Å². The molecule has 5 heteroatoms. The van der Waals surface area contributed by atoms with Gasteiger partial charge in [0, 0.05) is 17.5 Å². The molecule has 2 heterocycles. The summed E-state index contributed by atoms with van der Waals surface area (Å²) >= 11 is 0. The second-order valence-electron chi connectivity index (χ2n) is 4.40. The van der Waals surface area contributed by atoms with Gasteiger partial charge in [0.1, 0.15) is 5.69 Å². The standard InChI is InChI=1S/C15H11N5/c1-11-2-5-13(9-17-11)15-10-20(19-18-15)14-6-3-12(8-16)4-7-14/h2-7,9-10H,1H3. The Balaban J connectivity index is 1.93. The zero-order valence-corrected chi connectivity index (χ0v) is 10.9. The number of hydrogen-bond donors (Lipinski definition) is 0. The molecule has 0 spiro atoms. The Hall–Kier alpha value is -3.00. The molecule has 2 aromatic heterocycles. The molecule has 3 rings (SSSR count). The summed E-state index contributed by atoms with van der Waals surface area (Å²) in [6, 6.07) is 13.2. The summed E-state index contributed by atoms with van der Waals surface area (Å²) in [5, 5.41) is 17.0. The summed E-state index contributed by atoms with van der Waals surface area (Å²) in [6.45, 7) is 1.94. The Kier molecular flexibility index (Phi) is 2.98. The Labute approximate surface area is 116 Å². The van der Waals surface area contributed by atoms with Crippen LogP contribution in [0.25, 0.3) is 16.9 Å². The Morgan fingerprint density at radius 1 is 1.10 bits per heavy atom. The molecule has 0 aliphatic carbocycles. The molecular formula is C15H11N5. The van der Waals surface area contributed by atoms with E-state index in [1.807, 2.05) is 37.4 Å². The molecule has 0 amide bonds. The minimum atomic E-state index is 0.622. The largest absolute Gasteiger partial charge is 0.261 e. The molecule has 1 aromatic carbocycles. The number of aryl methyl sites for hydroxylation is 1. The van der Waals surface area contributed by atoms with Crippen LogP contribution in [0.4, 0.5) is 0 Å². The molecule has 0 fully saturated rings. The van der Waals surface area contributed by atoms with Gasteiger partial charge in [-0.25, -0.2) is 4.68 Å². The van der Waals surface area contributed by atoms with Gasteiger partial charge in [-0.3, -0.25) is 4.98 Å². The lowest BCUT2D eigenvalue weighted by atomic mass is 10.2. The van der Waals surface area contributed by atoms with E-state index in [9.17, 15) is 0 Å². The minimum Gasteiger partial charge on any atom is -0.261 e. The average Bonchev–Trinajstić information content (AvgIpc) is 2.98. The zero-order chi connectivity index (χ0) is 13.9. The fourth-order valence-corrected chi connectivity index (χ4v) is 1.83. The van der Waals surface area contributed by atoms with Crippen molar-refractivity contribution in [1.29, 1.82) is 5.26 Å². The number of nitrogens with zero attached hydrogens (tertiary/aromatic N) is 5. The third kappa shape index (κ3) is 2.27. The summed E-state index contributed by atoms with van der Waals surface area (Å²) in [4.78, 5) is 4.25. The summed E-state index contributed by atoms with van der Waals surface area (Å²) in [6.07, 6.45) is 3.62.